The zero-order valence-corrected chi connectivity index (χ0v) is 24.5. The maximum absolute atomic E-state index is 11.8. The van der Waals surface area contributed by atoms with E-state index in [1.165, 1.54) is 0 Å². The van der Waals surface area contributed by atoms with Gasteiger partial charge in [0.15, 0.2) is 0 Å². The quantitative estimate of drug-likeness (QED) is 0.191. The second kappa shape index (κ2) is 13.7. The zero-order valence-electron chi connectivity index (χ0n) is 23.7. The minimum absolute atomic E-state index is 0.127. The number of primary sulfonamides is 1. The van der Waals surface area contributed by atoms with Crippen molar-refractivity contribution in [2.45, 2.75) is 64.1 Å². The van der Waals surface area contributed by atoms with E-state index in [0.717, 1.165) is 78.4 Å². The Morgan fingerprint density at radius 3 is 2.20 bits per heavy atom. The van der Waals surface area contributed by atoms with Crippen molar-refractivity contribution in [2.75, 3.05) is 13.7 Å². The molecule has 4 aromatic rings. The van der Waals surface area contributed by atoms with E-state index in [1.54, 1.807) is 19.2 Å². The van der Waals surface area contributed by atoms with Gasteiger partial charge in [-0.05, 0) is 49.2 Å². The molecule has 212 valence electrons. The van der Waals surface area contributed by atoms with E-state index in [2.05, 4.69) is 53.6 Å². The number of nitrogens with two attached hydrogens (primary N) is 1. The second-order valence-corrected chi connectivity index (χ2v) is 11.6. The number of rotatable bonds is 14. The number of para-hydroxylation sites is 1. The van der Waals surface area contributed by atoms with Gasteiger partial charge in [-0.3, -0.25) is 4.90 Å². The van der Waals surface area contributed by atoms with Crippen LogP contribution in [0.25, 0.3) is 22.6 Å². The molecule has 0 spiro atoms. The Labute approximate surface area is 238 Å². The summed E-state index contributed by atoms with van der Waals surface area (Å²) in [7, 11) is -2.03. The lowest BCUT2D eigenvalue weighted by Gasteiger charge is -2.24. The van der Waals surface area contributed by atoms with Crippen LogP contribution in [-0.2, 0) is 29.7 Å². The van der Waals surface area contributed by atoms with Crippen molar-refractivity contribution < 1.29 is 13.2 Å². The molecule has 7 nitrogen and oxygen atoms in total. The first-order chi connectivity index (χ1) is 19.4. The molecular formula is C32H40N4O3S. The fourth-order valence-corrected chi connectivity index (χ4v) is 5.43. The molecule has 0 saturated heterocycles. The highest BCUT2D eigenvalue weighted by Gasteiger charge is 2.23. The number of ether oxygens (including phenoxy) is 1. The maximum atomic E-state index is 11.8. The first kappa shape index (κ1) is 29.5. The molecule has 0 aliphatic carbocycles. The minimum Gasteiger partial charge on any atom is -0.496 e. The van der Waals surface area contributed by atoms with Crippen LogP contribution >= 0.6 is 0 Å². The fourth-order valence-electron chi connectivity index (χ4n) is 4.92. The first-order valence-corrected chi connectivity index (χ1v) is 15.5. The van der Waals surface area contributed by atoms with Gasteiger partial charge < -0.3 is 9.30 Å². The number of sulfonamides is 1. The van der Waals surface area contributed by atoms with Crippen molar-refractivity contribution in [3.8, 4) is 28.4 Å². The monoisotopic (exact) mass is 560 g/mol. The minimum atomic E-state index is -3.73. The summed E-state index contributed by atoms with van der Waals surface area (Å²) >= 11 is 0. The van der Waals surface area contributed by atoms with Crippen molar-refractivity contribution in [1.82, 2.24) is 14.5 Å². The fraction of sp³-hybridized carbons (Fsp3) is 0.344. The summed E-state index contributed by atoms with van der Waals surface area (Å²) in [5.41, 5.74) is 5.23. The SMILES string of the molecule is CCCCN(Cc1ccc(S(N)(=O)=O)cc1)Cc1c(-c2ccccc2)nc(-c2ccccc2OC)n1CCCC. The van der Waals surface area contributed by atoms with Gasteiger partial charge in [0.1, 0.15) is 11.6 Å². The summed E-state index contributed by atoms with van der Waals surface area (Å²) in [6.45, 7) is 7.54. The van der Waals surface area contributed by atoms with Crippen LogP contribution in [0.5, 0.6) is 5.75 Å². The van der Waals surface area contributed by atoms with Crippen molar-refractivity contribution in [3.63, 3.8) is 0 Å². The van der Waals surface area contributed by atoms with Gasteiger partial charge in [0.05, 0.1) is 29.0 Å². The molecule has 0 amide bonds. The number of nitrogens with zero attached hydrogens (tertiary/aromatic N) is 3. The van der Waals surface area contributed by atoms with Crippen molar-refractivity contribution >= 4 is 10.0 Å². The molecule has 4 rings (SSSR count). The van der Waals surface area contributed by atoms with Gasteiger partial charge in [0.25, 0.3) is 0 Å². The van der Waals surface area contributed by atoms with Gasteiger partial charge in [0.2, 0.25) is 10.0 Å². The Bertz CT molecular complexity index is 1480. The van der Waals surface area contributed by atoms with Crippen LogP contribution in [0.15, 0.2) is 83.8 Å². The Morgan fingerprint density at radius 1 is 0.875 bits per heavy atom. The molecule has 0 unspecified atom stereocenters. The van der Waals surface area contributed by atoms with E-state index in [9.17, 15) is 8.42 Å². The Kier molecular flexibility index (Phi) is 10.1. The number of benzene rings is 3. The van der Waals surface area contributed by atoms with E-state index < -0.39 is 10.0 Å². The highest BCUT2D eigenvalue weighted by atomic mass is 32.2. The van der Waals surface area contributed by atoms with Crippen LogP contribution in [0.3, 0.4) is 0 Å². The van der Waals surface area contributed by atoms with Gasteiger partial charge in [0, 0.05) is 25.2 Å². The summed E-state index contributed by atoms with van der Waals surface area (Å²) in [5.74, 6) is 1.71. The predicted molar refractivity (Wildman–Crippen MR) is 161 cm³/mol. The predicted octanol–water partition coefficient (Wildman–Crippen LogP) is 6.48. The summed E-state index contributed by atoms with van der Waals surface area (Å²) in [5, 5.41) is 5.32. The number of imidazole rings is 1. The van der Waals surface area contributed by atoms with Gasteiger partial charge in [-0.1, -0.05) is 81.3 Å². The normalized spacial score (nSPS) is 11.7. The van der Waals surface area contributed by atoms with Crippen molar-refractivity contribution in [1.29, 1.82) is 0 Å². The third-order valence-corrected chi connectivity index (χ3v) is 7.99. The maximum Gasteiger partial charge on any atom is 0.238 e. The number of methoxy groups -OCH3 is 1. The number of aromatic nitrogens is 2. The Morgan fingerprint density at radius 2 is 1.55 bits per heavy atom. The van der Waals surface area contributed by atoms with Gasteiger partial charge >= 0.3 is 0 Å². The Balaban J connectivity index is 1.81. The smallest absolute Gasteiger partial charge is 0.238 e. The molecule has 0 saturated carbocycles. The lowest BCUT2D eigenvalue weighted by molar-refractivity contribution is 0.246. The highest BCUT2D eigenvalue weighted by molar-refractivity contribution is 7.89. The summed E-state index contributed by atoms with van der Waals surface area (Å²) < 4.78 is 31.6. The first-order valence-electron chi connectivity index (χ1n) is 14.0. The van der Waals surface area contributed by atoms with Crippen LogP contribution in [0.2, 0.25) is 0 Å². The van der Waals surface area contributed by atoms with E-state index in [0.29, 0.717) is 13.1 Å². The summed E-state index contributed by atoms with van der Waals surface area (Å²) in [4.78, 5) is 7.82. The largest absolute Gasteiger partial charge is 0.496 e. The molecule has 0 atom stereocenters. The van der Waals surface area contributed by atoms with E-state index >= 15 is 0 Å². The van der Waals surface area contributed by atoms with Crippen molar-refractivity contribution in [3.05, 3.63) is 90.1 Å². The van der Waals surface area contributed by atoms with Crippen LogP contribution in [0, 0.1) is 0 Å². The van der Waals surface area contributed by atoms with E-state index in [4.69, 9.17) is 14.9 Å². The second-order valence-electron chi connectivity index (χ2n) is 10.1. The van der Waals surface area contributed by atoms with Crippen LogP contribution in [0.4, 0.5) is 0 Å². The molecular weight excluding hydrogens is 520 g/mol. The molecule has 40 heavy (non-hydrogen) atoms. The summed E-state index contributed by atoms with van der Waals surface area (Å²) in [6.07, 6.45) is 4.23. The molecule has 1 heterocycles. The van der Waals surface area contributed by atoms with Gasteiger partial charge in [-0.25, -0.2) is 18.5 Å². The van der Waals surface area contributed by atoms with Crippen LogP contribution in [-0.4, -0.2) is 36.5 Å². The molecule has 1 aromatic heterocycles. The molecule has 0 fully saturated rings. The van der Waals surface area contributed by atoms with Crippen LogP contribution < -0.4 is 9.88 Å². The molecule has 0 aliphatic rings. The topological polar surface area (TPSA) is 90.4 Å². The standard InChI is InChI=1S/C32H40N4O3S/c1-4-6-21-35(23-25-17-19-27(20-18-25)40(33,37)38)24-29-31(26-13-9-8-10-14-26)34-32(36(29)22-7-5-2)28-15-11-12-16-30(28)39-3/h8-20H,4-7,21-24H2,1-3H3,(H2,33,37,38). The van der Waals surface area contributed by atoms with Crippen LogP contribution in [0.1, 0.15) is 50.8 Å². The van der Waals surface area contributed by atoms with E-state index in [1.807, 2.05) is 36.4 Å². The highest BCUT2D eigenvalue weighted by Crippen LogP contribution is 2.35. The molecule has 0 aliphatic heterocycles. The molecule has 2 N–H and O–H groups in total. The molecule has 0 radical (unpaired) electrons. The third kappa shape index (κ3) is 7.18. The average Bonchev–Trinajstić information content (AvgIpc) is 3.32. The summed E-state index contributed by atoms with van der Waals surface area (Å²) in [6, 6.07) is 25.3. The lowest BCUT2D eigenvalue weighted by Crippen LogP contribution is -2.26. The molecule has 3 aromatic carbocycles. The van der Waals surface area contributed by atoms with Crippen molar-refractivity contribution in [2.24, 2.45) is 5.14 Å². The van der Waals surface area contributed by atoms with Gasteiger partial charge in [-0.15, -0.1) is 0 Å². The Hall–Kier alpha value is -3.46. The zero-order chi connectivity index (χ0) is 28.5. The number of hydrogen-bond acceptors (Lipinski definition) is 5. The molecule has 8 heteroatoms. The van der Waals surface area contributed by atoms with E-state index in [-0.39, 0.29) is 4.90 Å². The van der Waals surface area contributed by atoms with Gasteiger partial charge in [-0.2, -0.15) is 0 Å². The molecule has 0 bridgehead atoms. The average molecular weight is 561 g/mol. The number of hydrogen-bond donors (Lipinski definition) is 1. The third-order valence-electron chi connectivity index (χ3n) is 7.06. The number of unbranched alkanes of at least 4 members (excludes halogenated alkanes) is 2. The lowest BCUT2D eigenvalue weighted by atomic mass is 10.1.